The zero-order valence-electron chi connectivity index (χ0n) is 18.3. The average Bonchev–Trinajstić information content (AvgIpc) is 2.78. The van der Waals surface area contributed by atoms with Gasteiger partial charge in [0.1, 0.15) is 5.69 Å². The van der Waals surface area contributed by atoms with Crippen LogP contribution >= 0.6 is 11.6 Å². The number of ether oxygens (including phenoxy) is 1. The molecule has 2 amide bonds. The largest absolute Gasteiger partial charge is 0.381 e. The van der Waals surface area contributed by atoms with Crippen molar-refractivity contribution in [2.45, 2.75) is 25.3 Å². The number of piperidine rings is 1. The summed E-state index contributed by atoms with van der Waals surface area (Å²) in [7, 11) is 0. The number of nitrogens with zero attached hydrogens (tertiary/aromatic N) is 3. The Morgan fingerprint density at radius 2 is 1.67 bits per heavy atom. The third-order valence-electron chi connectivity index (χ3n) is 6.75. The van der Waals surface area contributed by atoms with Crippen molar-refractivity contribution in [3.63, 3.8) is 0 Å². The molecule has 174 valence electrons. The Balaban J connectivity index is 1.29. The van der Waals surface area contributed by atoms with Crippen LogP contribution < -0.4 is 20.7 Å². The van der Waals surface area contributed by atoms with Gasteiger partial charge in [-0.15, -0.1) is 0 Å². The summed E-state index contributed by atoms with van der Waals surface area (Å²) in [6.07, 6.45) is 2.63. The second kappa shape index (κ2) is 9.19. The minimum atomic E-state index is -0.416. The standard InChI is InChI=1S/C24H27ClN4O4/c25-22-17(18-6-7-21(30)26-23(18)31)3-1-4-19(22)27-9-11-28(12-10-27)20-5-2-8-29(24(20)32)13-16-14-33-15-16/h1-5,8,16,18H,6-7,9-15H2,(H,26,30,31). The van der Waals surface area contributed by atoms with Crippen molar-refractivity contribution in [2.24, 2.45) is 5.92 Å². The number of hydrogen-bond donors (Lipinski definition) is 1. The molecular formula is C24H27ClN4O4. The summed E-state index contributed by atoms with van der Waals surface area (Å²) in [5.74, 6) is -0.529. The number of anilines is 2. The topological polar surface area (TPSA) is 83.9 Å². The number of carbonyl (C=O) groups is 2. The number of amides is 2. The molecule has 33 heavy (non-hydrogen) atoms. The second-order valence-electron chi connectivity index (χ2n) is 8.91. The van der Waals surface area contributed by atoms with Crippen molar-refractivity contribution in [1.82, 2.24) is 9.88 Å². The first-order valence-electron chi connectivity index (χ1n) is 11.4. The highest BCUT2D eigenvalue weighted by molar-refractivity contribution is 6.34. The Bertz CT molecular complexity index is 1120. The van der Waals surface area contributed by atoms with Gasteiger partial charge in [0.2, 0.25) is 11.8 Å². The summed E-state index contributed by atoms with van der Waals surface area (Å²) in [6, 6.07) is 9.56. The first-order chi connectivity index (χ1) is 16.0. The molecule has 0 aliphatic carbocycles. The molecule has 3 saturated heterocycles. The highest BCUT2D eigenvalue weighted by Crippen LogP contribution is 2.37. The fourth-order valence-electron chi connectivity index (χ4n) is 4.81. The van der Waals surface area contributed by atoms with Crippen molar-refractivity contribution in [3.8, 4) is 0 Å². The van der Waals surface area contributed by atoms with E-state index in [4.69, 9.17) is 16.3 Å². The number of hydrogen-bond acceptors (Lipinski definition) is 6. The first-order valence-corrected chi connectivity index (χ1v) is 11.8. The Labute approximate surface area is 197 Å². The van der Waals surface area contributed by atoms with Crippen molar-refractivity contribution in [3.05, 3.63) is 57.5 Å². The van der Waals surface area contributed by atoms with E-state index in [1.165, 1.54) is 0 Å². The van der Waals surface area contributed by atoms with Gasteiger partial charge in [0.15, 0.2) is 0 Å². The van der Waals surface area contributed by atoms with Gasteiger partial charge in [-0.1, -0.05) is 23.7 Å². The van der Waals surface area contributed by atoms with Gasteiger partial charge in [-0.05, 0) is 30.2 Å². The number of aromatic nitrogens is 1. The Morgan fingerprint density at radius 1 is 0.970 bits per heavy atom. The zero-order valence-corrected chi connectivity index (χ0v) is 19.1. The van der Waals surface area contributed by atoms with Crippen LogP contribution in [0.4, 0.5) is 11.4 Å². The number of benzene rings is 1. The molecule has 0 radical (unpaired) electrons. The molecule has 0 bridgehead atoms. The molecule has 3 aliphatic rings. The minimum Gasteiger partial charge on any atom is -0.381 e. The molecule has 3 aliphatic heterocycles. The predicted molar refractivity (Wildman–Crippen MR) is 126 cm³/mol. The summed E-state index contributed by atoms with van der Waals surface area (Å²) in [5, 5.41) is 2.97. The number of imide groups is 1. The van der Waals surface area contributed by atoms with Gasteiger partial charge in [-0.2, -0.15) is 0 Å². The predicted octanol–water partition coefficient (Wildman–Crippen LogP) is 1.99. The maximum absolute atomic E-state index is 13.0. The monoisotopic (exact) mass is 470 g/mol. The van der Waals surface area contributed by atoms with Crippen LogP contribution in [0.5, 0.6) is 0 Å². The van der Waals surface area contributed by atoms with E-state index in [2.05, 4.69) is 15.1 Å². The highest BCUT2D eigenvalue weighted by atomic mass is 35.5. The first kappa shape index (κ1) is 22.0. The lowest BCUT2D eigenvalue weighted by molar-refractivity contribution is -0.134. The van der Waals surface area contributed by atoms with Crippen LogP contribution in [0, 0.1) is 5.92 Å². The minimum absolute atomic E-state index is 0.0377. The lowest BCUT2D eigenvalue weighted by Crippen LogP contribution is -2.48. The third-order valence-corrected chi connectivity index (χ3v) is 7.16. The Morgan fingerprint density at radius 3 is 2.33 bits per heavy atom. The van der Waals surface area contributed by atoms with Crippen molar-refractivity contribution >= 4 is 34.8 Å². The van der Waals surface area contributed by atoms with Gasteiger partial charge in [-0.25, -0.2) is 0 Å². The van der Waals surface area contributed by atoms with Crippen LogP contribution in [0.15, 0.2) is 41.3 Å². The fraction of sp³-hybridized carbons (Fsp3) is 0.458. The molecule has 1 aromatic carbocycles. The number of halogens is 1. The number of rotatable bonds is 5. The maximum atomic E-state index is 13.0. The quantitative estimate of drug-likeness (QED) is 0.673. The van der Waals surface area contributed by atoms with Crippen LogP contribution in [0.2, 0.25) is 5.02 Å². The molecule has 0 saturated carbocycles. The Kier molecular flexibility index (Phi) is 6.12. The lowest BCUT2D eigenvalue weighted by Gasteiger charge is -2.38. The number of pyridine rings is 1. The lowest BCUT2D eigenvalue weighted by atomic mass is 9.90. The van der Waals surface area contributed by atoms with Crippen LogP contribution in [0.3, 0.4) is 0 Å². The summed E-state index contributed by atoms with van der Waals surface area (Å²) in [4.78, 5) is 41.2. The van der Waals surface area contributed by atoms with E-state index in [9.17, 15) is 14.4 Å². The van der Waals surface area contributed by atoms with Gasteiger partial charge in [0, 0.05) is 51.3 Å². The zero-order chi connectivity index (χ0) is 22.9. The SMILES string of the molecule is O=C1CCC(c2cccc(N3CCN(c4cccn(CC5COC5)c4=O)CC3)c2Cl)C(=O)N1. The van der Waals surface area contributed by atoms with E-state index in [0.717, 1.165) is 16.9 Å². The van der Waals surface area contributed by atoms with E-state index in [0.29, 0.717) is 69.7 Å². The normalized spacial score (nSPS) is 21.7. The van der Waals surface area contributed by atoms with Crippen LogP contribution in [-0.2, 0) is 20.9 Å². The second-order valence-corrected chi connectivity index (χ2v) is 9.29. The van der Waals surface area contributed by atoms with E-state index >= 15 is 0 Å². The van der Waals surface area contributed by atoms with Gasteiger partial charge >= 0.3 is 0 Å². The number of carbonyl (C=O) groups excluding carboxylic acids is 2. The van der Waals surface area contributed by atoms with Gasteiger partial charge < -0.3 is 19.1 Å². The van der Waals surface area contributed by atoms with Crippen LogP contribution in [0.25, 0.3) is 0 Å². The molecule has 4 heterocycles. The molecule has 3 fully saturated rings. The van der Waals surface area contributed by atoms with Crippen molar-refractivity contribution in [2.75, 3.05) is 49.2 Å². The number of piperazine rings is 1. The molecule has 0 spiro atoms. The molecule has 5 rings (SSSR count). The third kappa shape index (κ3) is 4.37. The molecule has 1 atom stereocenters. The Hall–Kier alpha value is -2.84. The number of nitrogens with one attached hydrogen (secondary N) is 1. The molecule has 1 aromatic heterocycles. The van der Waals surface area contributed by atoms with E-state index in [1.54, 1.807) is 4.57 Å². The van der Waals surface area contributed by atoms with Gasteiger partial charge in [0.05, 0.1) is 29.8 Å². The fourth-order valence-corrected chi connectivity index (χ4v) is 5.18. The average molecular weight is 471 g/mol. The van der Waals surface area contributed by atoms with E-state index < -0.39 is 5.92 Å². The molecular weight excluding hydrogens is 444 g/mol. The smallest absolute Gasteiger partial charge is 0.274 e. The van der Waals surface area contributed by atoms with Crippen molar-refractivity contribution in [1.29, 1.82) is 0 Å². The summed E-state index contributed by atoms with van der Waals surface area (Å²) < 4.78 is 7.02. The summed E-state index contributed by atoms with van der Waals surface area (Å²) in [6.45, 7) is 4.94. The summed E-state index contributed by atoms with van der Waals surface area (Å²) >= 11 is 6.76. The van der Waals surface area contributed by atoms with Crippen molar-refractivity contribution < 1.29 is 14.3 Å². The molecule has 2 aromatic rings. The van der Waals surface area contributed by atoms with Gasteiger partial charge in [-0.3, -0.25) is 19.7 Å². The molecule has 9 heteroatoms. The summed E-state index contributed by atoms with van der Waals surface area (Å²) in [5.41, 5.74) is 2.40. The molecule has 1 N–H and O–H groups in total. The van der Waals surface area contributed by atoms with E-state index in [-0.39, 0.29) is 17.4 Å². The maximum Gasteiger partial charge on any atom is 0.274 e. The molecule has 1 unspecified atom stereocenters. The van der Waals surface area contributed by atoms with E-state index in [1.807, 2.05) is 36.5 Å². The van der Waals surface area contributed by atoms with Crippen LogP contribution in [-0.4, -0.2) is 55.8 Å². The van der Waals surface area contributed by atoms with Crippen LogP contribution in [0.1, 0.15) is 24.3 Å². The molecule has 8 nitrogen and oxygen atoms in total. The van der Waals surface area contributed by atoms with Gasteiger partial charge in [0.25, 0.3) is 5.56 Å². The highest BCUT2D eigenvalue weighted by Gasteiger charge is 2.31.